The summed E-state index contributed by atoms with van der Waals surface area (Å²) in [6.45, 7) is 13.3. The Kier molecular flexibility index (Phi) is 9.49. The number of nitriles is 1. The molecule has 0 amide bonds. The second-order valence-electron chi connectivity index (χ2n) is 10.0. The number of esters is 1. The minimum atomic E-state index is -2.28. The van der Waals surface area contributed by atoms with Crippen LogP contribution < -0.4 is 4.43 Å². The van der Waals surface area contributed by atoms with Crippen molar-refractivity contribution in [3.8, 4) is 22.9 Å². The summed E-state index contributed by atoms with van der Waals surface area (Å²) in [5.74, 6) is 0.537. The molecule has 37 heavy (non-hydrogen) atoms. The van der Waals surface area contributed by atoms with Crippen molar-refractivity contribution in [2.24, 2.45) is 0 Å². The number of rotatable bonds is 10. The summed E-state index contributed by atoms with van der Waals surface area (Å²) >= 11 is 0. The predicted octanol–water partition coefficient (Wildman–Crippen LogP) is 8.04. The second kappa shape index (κ2) is 12.6. The minimum absolute atomic E-state index is 0.338. The topological polar surface area (TPSA) is 59.3 Å². The van der Waals surface area contributed by atoms with Crippen molar-refractivity contribution in [3.05, 3.63) is 95.1 Å². The Balaban J connectivity index is 1.87. The third-order valence-corrected chi connectivity index (χ3v) is 12.5. The molecule has 0 saturated carbocycles. The van der Waals surface area contributed by atoms with E-state index in [4.69, 9.17) is 9.16 Å². The molecule has 3 aromatic carbocycles. The lowest BCUT2D eigenvalue weighted by Crippen LogP contribution is -2.50. The Bertz CT molecular complexity index is 1280. The van der Waals surface area contributed by atoms with Gasteiger partial charge in [-0.15, -0.1) is 0 Å². The van der Waals surface area contributed by atoms with E-state index in [1.807, 2.05) is 43.3 Å². The molecule has 0 unspecified atom stereocenters. The van der Waals surface area contributed by atoms with Crippen molar-refractivity contribution >= 4 is 20.4 Å². The number of nitrogens with zero attached hydrogens (tertiary/aromatic N) is 1. The van der Waals surface area contributed by atoms with Crippen LogP contribution in [0.2, 0.25) is 11.1 Å². The van der Waals surface area contributed by atoms with E-state index < -0.39 is 8.32 Å². The van der Waals surface area contributed by atoms with E-state index in [1.54, 1.807) is 13.0 Å². The zero-order valence-electron chi connectivity index (χ0n) is 22.7. The van der Waals surface area contributed by atoms with Crippen LogP contribution in [0, 0.1) is 18.3 Å². The maximum Gasteiger partial charge on any atom is 0.330 e. The van der Waals surface area contributed by atoms with E-state index in [9.17, 15) is 10.1 Å². The molecule has 3 rings (SSSR count). The van der Waals surface area contributed by atoms with Gasteiger partial charge in [-0.2, -0.15) is 5.26 Å². The molecule has 0 N–H and O–H groups in total. The van der Waals surface area contributed by atoms with Gasteiger partial charge < -0.3 is 9.16 Å². The van der Waals surface area contributed by atoms with E-state index in [0.29, 0.717) is 23.3 Å². The second-order valence-corrected chi connectivity index (χ2v) is 14.8. The lowest BCUT2D eigenvalue weighted by Gasteiger charge is -2.39. The number of carbonyl (C=O) groups excluding carboxylic acids is 1. The first-order chi connectivity index (χ1) is 17.7. The fourth-order valence-electron chi connectivity index (χ4n) is 4.77. The van der Waals surface area contributed by atoms with Gasteiger partial charge in [0.1, 0.15) is 5.75 Å². The van der Waals surface area contributed by atoms with Crippen molar-refractivity contribution in [2.45, 2.75) is 58.7 Å². The van der Waals surface area contributed by atoms with Crippen LogP contribution in [0.3, 0.4) is 0 Å². The molecule has 4 nitrogen and oxygen atoms in total. The zero-order chi connectivity index (χ0) is 27.0. The molecule has 0 aromatic heterocycles. The molecule has 0 aliphatic rings. The highest BCUT2D eigenvalue weighted by Crippen LogP contribution is 2.38. The SMILES string of the molecule is CCOC(=O)/C=C/c1ccc(O[Si](Cc2ccc(-c3ccccc3C#N)cc2)(C(C)C)C(C)C)cc1C. The molecule has 0 saturated heterocycles. The van der Waals surface area contributed by atoms with Crippen molar-refractivity contribution in [1.29, 1.82) is 5.26 Å². The molecule has 0 aliphatic carbocycles. The van der Waals surface area contributed by atoms with Gasteiger partial charge in [0, 0.05) is 12.1 Å². The fourth-order valence-corrected chi connectivity index (χ4v) is 8.90. The maximum atomic E-state index is 11.7. The van der Waals surface area contributed by atoms with E-state index in [1.165, 1.54) is 11.6 Å². The number of carbonyl (C=O) groups is 1. The first-order valence-electron chi connectivity index (χ1n) is 12.9. The van der Waals surface area contributed by atoms with Crippen molar-refractivity contribution < 1.29 is 14.0 Å². The Labute approximate surface area is 222 Å². The average molecular weight is 512 g/mol. The highest BCUT2D eigenvalue weighted by molar-refractivity contribution is 6.76. The molecule has 5 heteroatoms. The average Bonchev–Trinajstić information content (AvgIpc) is 2.88. The standard InChI is InChI=1S/C32H37NO3Si/c1-7-35-32(34)19-17-27-16-18-30(20-25(27)6)36-37(23(2)3,24(4)5)22-26-12-14-28(15-13-26)31-11-9-8-10-29(31)21-33/h8-20,23-24H,7,22H2,1-6H3/b19-17+. The first kappa shape index (κ1) is 28.0. The monoisotopic (exact) mass is 511 g/mol. The van der Waals surface area contributed by atoms with Gasteiger partial charge in [-0.3, -0.25) is 0 Å². The number of hydrogen-bond donors (Lipinski definition) is 0. The highest BCUT2D eigenvalue weighted by atomic mass is 28.4. The van der Waals surface area contributed by atoms with Gasteiger partial charge in [-0.05, 0) is 77.0 Å². The third kappa shape index (κ3) is 6.78. The molecule has 0 aliphatic heterocycles. The number of benzene rings is 3. The number of hydrogen-bond acceptors (Lipinski definition) is 4. The smallest absolute Gasteiger partial charge is 0.330 e. The summed E-state index contributed by atoms with van der Waals surface area (Å²) in [5, 5.41) is 9.48. The van der Waals surface area contributed by atoms with Crippen molar-refractivity contribution in [2.75, 3.05) is 6.61 Å². The van der Waals surface area contributed by atoms with E-state index in [2.05, 4.69) is 64.1 Å². The summed E-state index contributed by atoms with van der Waals surface area (Å²) < 4.78 is 11.9. The summed E-state index contributed by atoms with van der Waals surface area (Å²) in [7, 11) is -2.28. The van der Waals surface area contributed by atoms with Crippen LogP contribution in [0.25, 0.3) is 17.2 Å². The zero-order valence-corrected chi connectivity index (χ0v) is 23.7. The highest BCUT2D eigenvalue weighted by Gasteiger charge is 2.44. The Morgan fingerprint density at radius 3 is 2.27 bits per heavy atom. The van der Waals surface area contributed by atoms with Crippen LogP contribution in [0.5, 0.6) is 5.75 Å². The summed E-state index contributed by atoms with van der Waals surface area (Å²) in [6.07, 6.45) is 3.25. The largest absolute Gasteiger partial charge is 0.543 e. The molecule has 0 radical (unpaired) electrons. The Hall–Kier alpha value is -3.62. The van der Waals surface area contributed by atoms with Gasteiger partial charge in [-0.1, -0.05) is 76.2 Å². The summed E-state index contributed by atoms with van der Waals surface area (Å²) in [6, 6.07) is 25.5. The fraction of sp³-hybridized carbons (Fsp3) is 0.312. The normalized spacial score (nSPS) is 11.6. The van der Waals surface area contributed by atoms with Crippen LogP contribution in [0.1, 0.15) is 56.9 Å². The maximum absolute atomic E-state index is 11.7. The van der Waals surface area contributed by atoms with Gasteiger partial charge in [-0.25, -0.2) is 4.79 Å². The van der Waals surface area contributed by atoms with E-state index >= 15 is 0 Å². The van der Waals surface area contributed by atoms with Gasteiger partial charge in [0.05, 0.1) is 18.2 Å². The summed E-state index contributed by atoms with van der Waals surface area (Å²) in [4.78, 5) is 11.7. The lowest BCUT2D eigenvalue weighted by molar-refractivity contribution is -0.137. The molecular formula is C32H37NO3Si. The van der Waals surface area contributed by atoms with Crippen LogP contribution >= 0.6 is 0 Å². The quantitative estimate of drug-likeness (QED) is 0.157. The lowest BCUT2D eigenvalue weighted by atomic mass is 10.00. The number of aryl methyl sites for hydroxylation is 1. The predicted molar refractivity (Wildman–Crippen MR) is 154 cm³/mol. The Morgan fingerprint density at radius 2 is 1.68 bits per heavy atom. The van der Waals surface area contributed by atoms with Crippen molar-refractivity contribution in [1.82, 2.24) is 0 Å². The Morgan fingerprint density at radius 1 is 1.00 bits per heavy atom. The molecule has 0 bridgehead atoms. The first-order valence-corrected chi connectivity index (χ1v) is 15.2. The molecule has 3 aromatic rings. The van der Waals surface area contributed by atoms with E-state index in [0.717, 1.165) is 34.0 Å². The number of ether oxygens (including phenoxy) is 1. The van der Waals surface area contributed by atoms with Gasteiger partial charge >= 0.3 is 5.97 Å². The van der Waals surface area contributed by atoms with Crippen molar-refractivity contribution in [3.63, 3.8) is 0 Å². The molecular weight excluding hydrogens is 474 g/mol. The molecule has 0 fully saturated rings. The summed E-state index contributed by atoms with van der Waals surface area (Å²) in [5.41, 5.74) is 6.75. The van der Waals surface area contributed by atoms with Crippen LogP contribution in [-0.2, 0) is 15.6 Å². The van der Waals surface area contributed by atoms with Crippen LogP contribution in [0.4, 0.5) is 0 Å². The van der Waals surface area contributed by atoms with Crippen LogP contribution in [-0.4, -0.2) is 20.9 Å². The van der Waals surface area contributed by atoms with E-state index in [-0.39, 0.29) is 5.97 Å². The molecule has 0 spiro atoms. The molecule has 0 atom stereocenters. The van der Waals surface area contributed by atoms with Gasteiger partial charge in [0.2, 0.25) is 0 Å². The molecule has 192 valence electrons. The van der Waals surface area contributed by atoms with Gasteiger partial charge in [0.25, 0.3) is 8.32 Å². The minimum Gasteiger partial charge on any atom is -0.543 e. The van der Waals surface area contributed by atoms with Crippen LogP contribution in [0.15, 0.2) is 72.8 Å². The molecule has 0 heterocycles. The third-order valence-electron chi connectivity index (χ3n) is 6.98. The van der Waals surface area contributed by atoms with Gasteiger partial charge in [0.15, 0.2) is 0 Å².